The quantitative estimate of drug-likeness (QED) is 0.305. The number of hydrogen-bond acceptors (Lipinski definition) is 5. The lowest BCUT2D eigenvalue weighted by Crippen LogP contribution is -2.37. The number of aromatic hydroxyl groups is 2. The Balaban J connectivity index is 1.67. The molecular weight excluding hydrogens is 380 g/mol. The van der Waals surface area contributed by atoms with E-state index in [-0.39, 0.29) is 11.5 Å². The highest BCUT2D eigenvalue weighted by molar-refractivity contribution is 6.31. The van der Waals surface area contributed by atoms with Crippen molar-refractivity contribution in [1.29, 1.82) is 0 Å². The molecule has 3 aromatic rings. The van der Waals surface area contributed by atoms with Crippen molar-refractivity contribution in [3.63, 3.8) is 0 Å². The van der Waals surface area contributed by atoms with Crippen molar-refractivity contribution < 1.29 is 19.8 Å². The van der Waals surface area contributed by atoms with E-state index >= 15 is 0 Å². The van der Waals surface area contributed by atoms with Gasteiger partial charge in [0.25, 0.3) is 11.8 Å². The number of phenolic OH excluding ortho intramolecular Hbond substituents is 2. The van der Waals surface area contributed by atoms with E-state index in [1.807, 2.05) is 43.3 Å². The van der Waals surface area contributed by atoms with E-state index in [0.717, 1.165) is 22.3 Å². The van der Waals surface area contributed by atoms with Crippen LogP contribution >= 0.6 is 0 Å². The van der Waals surface area contributed by atoms with Gasteiger partial charge in [-0.2, -0.15) is 0 Å². The number of hydrogen-bond donors (Lipinski definition) is 4. The van der Waals surface area contributed by atoms with Gasteiger partial charge >= 0.3 is 0 Å². The maximum absolute atomic E-state index is 12.5. The van der Waals surface area contributed by atoms with Crippen LogP contribution in [-0.2, 0) is 11.3 Å². The smallest absolute Gasteiger partial charge is 0.260 e. The first-order chi connectivity index (χ1) is 14.4. The number of phenols is 2. The maximum atomic E-state index is 12.5. The number of fused-ring (bicyclic) bond motifs is 1. The van der Waals surface area contributed by atoms with Gasteiger partial charge in [-0.1, -0.05) is 42.0 Å². The molecule has 0 atom stereocenters. The zero-order chi connectivity index (χ0) is 21.3. The first kappa shape index (κ1) is 19.3. The molecule has 4 N–H and O–H groups in total. The summed E-state index contributed by atoms with van der Waals surface area (Å²) in [6, 6.07) is 17.9. The second kappa shape index (κ2) is 7.75. The van der Waals surface area contributed by atoms with Crippen molar-refractivity contribution in [2.24, 2.45) is 0 Å². The summed E-state index contributed by atoms with van der Waals surface area (Å²) in [4.78, 5) is 24.8. The van der Waals surface area contributed by atoms with Crippen LogP contribution in [-0.4, -0.2) is 22.0 Å². The van der Waals surface area contributed by atoms with Gasteiger partial charge in [0.2, 0.25) is 0 Å². The summed E-state index contributed by atoms with van der Waals surface area (Å²) in [6.45, 7) is 2.33. The Morgan fingerprint density at radius 3 is 2.43 bits per heavy atom. The first-order valence-electron chi connectivity index (χ1n) is 9.44. The van der Waals surface area contributed by atoms with E-state index in [1.54, 1.807) is 18.3 Å². The Hall–Kier alpha value is -4.06. The molecule has 2 amide bonds. The number of benzene rings is 3. The SMILES string of the molecule is Cc1cccc(-c2ccc3c(c2)/C(=C\NCc2ccc(O)c(O)c2)C(=O)NC3=O)c1. The molecule has 0 aliphatic carbocycles. The topological polar surface area (TPSA) is 98.7 Å². The highest BCUT2D eigenvalue weighted by Crippen LogP contribution is 2.30. The maximum Gasteiger partial charge on any atom is 0.260 e. The molecule has 0 aromatic heterocycles. The minimum absolute atomic E-state index is 0.195. The Labute approximate surface area is 173 Å². The minimum Gasteiger partial charge on any atom is -0.504 e. The van der Waals surface area contributed by atoms with Crippen LogP contribution in [0.1, 0.15) is 27.0 Å². The van der Waals surface area contributed by atoms with Gasteiger partial charge in [-0.05, 0) is 47.9 Å². The molecular formula is C24H20N2O4. The van der Waals surface area contributed by atoms with E-state index in [2.05, 4.69) is 10.6 Å². The molecule has 3 aromatic carbocycles. The van der Waals surface area contributed by atoms with E-state index in [0.29, 0.717) is 23.2 Å². The standard InChI is InChI=1S/C24H20N2O4/c1-14-3-2-4-16(9-14)17-6-7-18-19(11-17)20(24(30)26-23(18)29)13-25-12-15-5-8-21(27)22(28)10-15/h2-11,13,25,27-28H,12H2,1H3,(H,26,29,30)/b20-13+. The number of aryl methyl sites for hydroxylation is 1. The predicted molar refractivity (Wildman–Crippen MR) is 114 cm³/mol. The number of nitrogens with one attached hydrogen (secondary N) is 2. The summed E-state index contributed by atoms with van der Waals surface area (Å²) in [5.41, 5.74) is 5.10. The molecule has 1 aliphatic rings. The van der Waals surface area contributed by atoms with Crippen LogP contribution in [0.5, 0.6) is 11.5 Å². The third-order valence-corrected chi connectivity index (χ3v) is 4.97. The molecule has 0 spiro atoms. The van der Waals surface area contributed by atoms with Crippen LogP contribution in [0.25, 0.3) is 16.7 Å². The van der Waals surface area contributed by atoms with Crippen LogP contribution in [0.4, 0.5) is 0 Å². The van der Waals surface area contributed by atoms with Crippen molar-refractivity contribution in [3.8, 4) is 22.6 Å². The normalized spacial score (nSPS) is 14.4. The second-order valence-corrected chi connectivity index (χ2v) is 7.18. The third-order valence-electron chi connectivity index (χ3n) is 4.97. The van der Waals surface area contributed by atoms with E-state index in [4.69, 9.17) is 0 Å². The summed E-state index contributed by atoms with van der Waals surface area (Å²) < 4.78 is 0. The highest BCUT2D eigenvalue weighted by atomic mass is 16.3. The second-order valence-electron chi connectivity index (χ2n) is 7.18. The van der Waals surface area contributed by atoms with Gasteiger partial charge in [-0.3, -0.25) is 14.9 Å². The molecule has 0 saturated carbocycles. The van der Waals surface area contributed by atoms with Gasteiger partial charge in [0.05, 0.1) is 5.57 Å². The molecule has 150 valence electrons. The molecule has 30 heavy (non-hydrogen) atoms. The van der Waals surface area contributed by atoms with Crippen molar-refractivity contribution in [2.75, 3.05) is 0 Å². The van der Waals surface area contributed by atoms with Crippen molar-refractivity contribution in [2.45, 2.75) is 13.5 Å². The Morgan fingerprint density at radius 2 is 1.67 bits per heavy atom. The summed E-state index contributed by atoms with van der Waals surface area (Å²) in [5, 5.41) is 24.4. The van der Waals surface area contributed by atoms with Gasteiger partial charge < -0.3 is 15.5 Å². The average molecular weight is 400 g/mol. The molecule has 0 radical (unpaired) electrons. The number of imide groups is 1. The highest BCUT2D eigenvalue weighted by Gasteiger charge is 2.27. The van der Waals surface area contributed by atoms with Crippen LogP contribution in [0.15, 0.2) is 66.9 Å². The van der Waals surface area contributed by atoms with Crippen LogP contribution in [0, 0.1) is 6.92 Å². The number of amides is 2. The monoisotopic (exact) mass is 400 g/mol. The summed E-state index contributed by atoms with van der Waals surface area (Å²) in [7, 11) is 0. The lowest BCUT2D eigenvalue weighted by Gasteiger charge is -2.19. The summed E-state index contributed by atoms with van der Waals surface area (Å²) >= 11 is 0. The third kappa shape index (κ3) is 3.75. The van der Waals surface area contributed by atoms with Gasteiger partial charge in [-0.25, -0.2) is 0 Å². The molecule has 0 bridgehead atoms. The Kier molecular flexibility index (Phi) is 4.98. The average Bonchev–Trinajstić information content (AvgIpc) is 2.72. The van der Waals surface area contributed by atoms with Gasteiger partial charge in [0.15, 0.2) is 11.5 Å². The number of carbonyl (C=O) groups excluding carboxylic acids is 2. The van der Waals surface area contributed by atoms with Gasteiger partial charge in [0, 0.05) is 23.9 Å². The fraction of sp³-hybridized carbons (Fsp3) is 0.0833. The van der Waals surface area contributed by atoms with Crippen molar-refractivity contribution in [1.82, 2.24) is 10.6 Å². The Morgan fingerprint density at radius 1 is 0.867 bits per heavy atom. The fourth-order valence-corrected chi connectivity index (χ4v) is 3.42. The molecule has 0 unspecified atom stereocenters. The van der Waals surface area contributed by atoms with Crippen molar-refractivity contribution in [3.05, 3.63) is 89.1 Å². The zero-order valence-corrected chi connectivity index (χ0v) is 16.3. The number of rotatable bonds is 4. The van der Waals surface area contributed by atoms with Crippen LogP contribution in [0.2, 0.25) is 0 Å². The molecule has 1 aliphatic heterocycles. The minimum atomic E-state index is -0.477. The predicted octanol–water partition coefficient (Wildman–Crippen LogP) is 3.47. The molecule has 6 nitrogen and oxygen atoms in total. The fourth-order valence-electron chi connectivity index (χ4n) is 3.42. The lowest BCUT2D eigenvalue weighted by atomic mass is 9.91. The van der Waals surface area contributed by atoms with E-state index < -0.39 is 11.8 Å². The van der Waals surface area contributed by atoms with Crippen molar-refractivity contribution >= 4 is 17.4 Å². The molecule has 0 fully saturated rings. The molecule has 6 heteroatoms. The van der Waals surface area contributed by atoms with Gasteiger partial charge in [-0.15, -0.1) is 0 Å². The first-order valence-corrected chi connectivity index (χ1v) is 9.44. The molecule has 0 saturated heterocycles. The Bertz CT molecular complexity index is 1200. The zero-order valence-electron chi connectivity index (χ0n) is 16.3. The molecule has 1 heterocycles. The number of carbonyl (C=O) groups is 2. The van der Waals surface area contributed by atoms with Crippen LogP contribution in [0.3, 0.4) is 0 Å². The van der Waals surface area contributed by atoms with Crippen LogP contribution < -0.4 is 10.6 Å². The van der Waals surface area contributed by atoms with E-state index in [9.17, 15) is 19.8 Å². The largest absolute Gasteiger partial charge is 0.504 e. The molecule has 4 rings (SSSR count). The lowest BCUT2D eigenvalue weighted by molar-refractivity contribution is -0.114. The summed E-state index contributed by atoms with van der Waals surface area (Å²) in [6.07, 6.45) is 1.56. The summed E-state index contributed by atoms with van der Waals surface area (Å²) in [5.74, 6) is -1.31. The van der Waals surface area contributed by atoms with E-state index in [1.165, 1.54) is 12.1 Å². The van der Waals surface area contributed by atoms with Gasteiger partial charge in [0.1, 0.15) is 0 Å².